The molecule has 1 atom stereocenters. The Bertz CT molecular complexity index is 2420. The van der Waals surface area contributed by atoms with E-state index >= 15 is 0 Å². The lowest BCUT2D eigenvalue weighted by Crippen LogP contribution is -2.54. The van der Waals surface area contributed by atoms with Crippen molar-refractivity contribution in [1.29, 1.82) is 0 Å². The molecular formula is C48H55N7O6. The predicted octanol–water partition coefficient (Wildman–Crippen LogP) is 8.10. The topological polar surface area (TPSA) is 168 Å². The third-order valence-electron chi connectivity index (χ3n) is 12.5. The van der Waals surface area contributed by atoms with Crippen LogP contribution >= 0.6 is 0 Å². The van der Waals surface area contributed by atoms with Crippen LogP contribution in [-0.4, -0.2) is 67.5 Å². The number of ketones is 1. The van der Waals surface area contributed by atoms with Crippen LogP contribution in [0.15, 0.2) is 65.3 Å². The molecule has 13 heteroatoms. The molecule has 2 aliphatic heterocycles. The highest BCUT2D eigenvalue weighted by Crippen LogP contribution is 2.34. The first kappa shape index (κ1) is 41.6. The number of piperidine rings is 1. The number of fused-ring (bicyclic) bond motifs is 2. The monoisotopic (exact) mass is 825 g/mol. The summed E-state index contributed by atoms with van der Waals surface area (Å²) in [6.45, 7) is 4.53. The van der Waals surface area contributed by atoms with Crippen molar-refractivity contribution in [2.24, 2.45) is 0 Å². The molecule has 3 aromatic heterocycles. The molecule has 0 radical (unpaired) electrons. The second kappa shape index (κ2) is 18.7. The van der Waals surface area contributed by atoms with Gasteiger partial charge in [0.15, 0.2) is 0 Å². The molecule has 2 fully saturated rings. The van der Waals surface area contributed by atoms with E-state index in [0.717, 1.165) is 95.1 Å². The van der Waals surface area contributed by atoms with Crippen LogP contribution in [0.1, 0.15) is 132 Å². The smallest absolute Gasteiger partial charge is 0.264 e. The Morgan fingerprint density at radius 3 is 2.39 bits per heavy atom. The number of aromatic nitrogens is 3. The van der Waals surface area contributed by atoms with E-state index in [1.54, 1.807) is 18.2 Å². The Morgan fingerprint density at radius 2 is 1.62 bits per heavy atom. The minimum atomic E-state index is -0.990. The van der Waals surface area contributed by atoms with Crippen molar-refractivity contribution in [1.82, 2.24) is 24.8 Å². The highest BCUT2D eigenvalue weighted by Gasteiger charge is 2.45. The van der Waals surface area contributed by atoms with Gasteiger partial charge < -0.3 is 15.2 Å². The average molecular weight is 826 g/mol. The van der Waals surface area contributed by atoms with Gasteiger partial charge in [-0.1, -0.05) is 74.0 Å². The van der Waals surface area contributed by atoms with E-state index < -0.39 is 29.7 Å². The van der Waals surface area contributed by atoms with Crippen molar-refractivity contribution >= 4 is 46.6 Å². The van der Waals surface area contributed by atoms with E-state index in [-0.39, 0.29) is 29.8 Å². The molecule has 318 valence electrons. The van der Waals surface area contributed by atoms with Gasteiger partial charge in [0.2, 0.25) is 11.8 Å². The van der Waals surface area contributed by atoms with Gasteiger partial charge in [0.1, 0.15) is 29.1 Å². The van der Waals surface area contributed by atoms with E-state index in [9.17, 15) is 24.0 Å². The van der Waals surface area contributed by atoms with Crippen molar-refractivity contribution in [3.63, 3.8) is 0 Å². The fourth-order valence-corrected chi connectivity index (χ4v) is 9.18. The summed E-state index contributed by atoms with van der Waals surface area (Å²) in [6, 6.07) is 17.2. The van der Waals surface area contributed by atoms with Gasteiger partial charge in [-0.2, -0.15) is 0 Å². The molecule has 5 heterocycles. The zero-order valence-corrected chi connectivity index (χ0v) is 35.2. The Balaban J connectivity index is 0.769. The number of rotatable bonds is 18. The lowest BCUT2D eigenvalue weighted by Gasteiger charge is -2.27. The summed E-state index contributed by atoms with van der Waals surface area (Å²) in [5.41, 5.74) is 8.26. The van der Waals surface area contributed by atoms with Crippen LogP contribution in [0, 0.1) is 13.8 Å². The molecule has 0 spiro atoms. The van der Waals surface area contributed by atoms with Crippen LogP contribution in [0.3, 0.4) is 0 Å². The van der Waals surface area contributed by atoms with Gasteiger partial charge in [0.05, 0.1) is 22.5 Å². The molecule has 13 nitrogen and oxygen atoms in total. The van der Waals surface area contributed by atoms with Crippen molar-refractivity contribution in [2.45, 2.75) is 129 Å². The number of unbranched alkanes of at least 4 members (excludes halogenated alkanes) is 4. The molecule has 1 aliphatic carbocycles. The molecule has 8 rings (SSSR count). The molecule has 4 amide bonds. The van der Waals surface area contributed by atoms with Crippen LogP contribution < -0.4 is 16.0 Å². The number of carbonyl (C=O) groups excluding carboxylic acids is 5. The first-order chi connectivity index (χ1) is 29.6. The van der Waals surface area contributed by atoms with Crippen LogP contribution in [0.25, 0.3) is 16.8 Å². The first-order valence-electron chi connectivity index (χ1n) is 22.0. The molecule has 3 N–H and O–H groups in total. The maximum Gasteiger partial charge on any atom is 0.264 e. The van der Waals surface area contributed by atoms with Crippen LogP contribution in [0.2, 0.25) is 0 Å². The Kier molecular flexibility index (Phi) is 12.7. The molecule has 3 aliphatic rings. The summed E-state index contributed by atoms with van der Waals surface area (Å²) < 4.78 is 7.64. The highest BCUT2D eigenvalue weighted by molar-refractivity contribution is 6.25. The number of benzene rings is 2. The molecule has 1 saturated heterocycles. The average Bonchev–Trinajstić information content (AvgIpc) is 3.87. The minimum absolute atomic E-state index is 0.0814. The van der Waals surface area contributed by atoms with Crippen LogP contribution in [0.5, 0.6) is 0 Å². The number of nitrogens with one attached hydrogen (secondary N) is 3. The zero-order valence-electron chi connectivity index (χ0n) is 35.2. The third kappa shape index (κ3) is 9.30. The molecule has 0 bridgehead atoms. The van der Waals surface area contributed by atoms with Crippen molar-refractivity contribution in [3.8, 4) is 11.1 Å². The summed E-state index contributed by atoms with van der Waals surface area (Å²) in [5.74, 6) is 0.0833. The summed E-state index contributed by atoms with van der Waals surface area (Å²) in [4.78, 5) is 69.5. The van der Waals surface area contributed by atoms with E-state index in [2.05, 4.69) is 68.1 Å². The quantitative estimate of drug-likeness (QED) is 0.0580. The van der Waals surface area contributed by atoms with E-state index in [0.29, 0.717) is 31.1 Å². The normalized spacial score (nSPS) is 17.0. The number of carbonyl (C=O) groups is 5. The summed E-state index contributed by atoms with van der Waals surface area (Å²) >= 11 is 0. The highest BCUT2D eigenvalue weighted by atomic mass is 16.5. The number of amides is 4. The van der Waals surface area contributed by atoms with Gasteiger partial charge in [0, 0.05) is 49.3 Å². The summed E-state index contributed by atoms with van der Waals surface area (Å²) in [7, 11) is 0. The first-order valence-corrected chi connectivity index (χ1v) is 22.0. The fourth-order valence-electron chi connectivity index (χ4n) is 9.18. The van der Waals surface area contributed by atoms with Gasteiger partial charge >= 0.3 is 0 Å². The van der Waals surface area contributed by atoms with Crippen molar-refractivity contribution < 1.29 is 28.5 Å². The zero-order chi connectivity index (χ0) is 42.5. The standard InChI is InChI=1S/C48H55N7O6/c1-30-43(31(2)61-53-30)34-25-27-54-41(29-34)51-39(45(54)50-35-12-7-6-8-13-35)22-21-32-17-19-33(20-18-32)28-36(56)14-9-4-3-5-10-26-49-38-16-11-15-37-44(38)48(60)55(47(37)59)40-23-24-42(57)52-46(40)58/h11,15-20,25,27,29,35,40,49-50H,3-10,12-14,21-24,26,28H2,1-2H3,(H,52,57,58). The van der Waals surface area contributed by atoms with Crippen molar-refractivity contribution in [2.75, 3.05) is 17.2 Å². The maximum atomic E-state index is 13.3. The Hall–Kier alpha value is -6.11. The summed E-state index contributed by atoms with van der Waals surface area (Å²) in [6.07, 6.45) is 15.7. The van der Waals surface area contributed by atoms with Gasteiger partial charge in [-0.3, -0.25) is 38.6 Å². The SMILES string of the molecule is Cc1noc(C)c1-c1ccn2c(NC3CCCCC3)c(CCc3ccc(CC(=O)CCCCCCCNc4cccc5c4C(=O)N(C4CCC(=O)NC4=O)C5=O)cc3)nc2c1. The van der Waals surface area contributed by atoms with Crippen LogP contribution in [-0.2, 0) is 33.6 Å². The van der Waals surface area contributed by atoms with Gasteiger partial charge in [-0.05, 0) is 99.7 Å². The lowest BCUT2D eigenvalue weighted by atomic mass is 9.95. The number of anilines is 2. The number of pyridine rings is 1. The molecule has 1 unspecified atom stereocenters. The largest absolute Gasteiger partial charge is 0.384 e. The molecule has 61 heavy (non-hydrogen) atoms. The number of hydrogen-bond donors (Lipinski definition) is 3. The number of nitrogens with zero attached hydrogens (tertiary/aromatic N) is 4. The van der Waals surface area contributed by atoms with Gasteiger partial charge in [-0.15, -0.1) is 0 Å². The number of imide groups is 2. The van der Waals surface area contributed by atoms with E-state index in [4.69, 9.17) is 9.51 Å². The third-order valence-corrected chi connectivity index (χ3v) is 12.5. The molecule has 5 aromatic rings. The number of aryl methyl sites for hydroxylation is 4. The second-order valence-electron chi connectivity index (χ2n) is 16.9. The predicted molar refractivity (Wildman–Crippen MR) is 233 cm³/mol. The van der Waals surface area contributed by atoms with Crippen LogP contribution in [0.4, 0.5) is 11.5 Å². The number of hydrogen-bond acceptors (Lipinski definition) is 10. The minimum Gasteiger partial charge on any atom is -0.384 e. The maximum absolute atomic E-state index is 13.3. The molecular weight excluding hydrogens is 771 g/mol. The van der Waals surface area contributed by atoms with E-state index in [1.807, 2.05) is 13.8 Å². The Labute approximate surface area is 356 Å². The Morgan fingerprint density at radius 1 is 0.852 bits per heavy atom. The van der Waals surface area contributed by atoms with Gasteiger partial charge in [0.25, 0.3) is 11.8 Å². The number of imidazole rings is 1. The summed E-state index contributed by atoms with van der Waals surface area (Å²) in [5, 5.41) is 13.6. The van der Waals surface area contributed by atoms with Gasteiger partial charge in [-0.25, -0.2) is 4.98 Å². The number of Topliss-reactive ketones (excluding diaryl/α,β-unsaturated/α-hetero) is 1. The fraction of sp³-hybridized carbons (Fsp3) is 0.438. The van der Waals surface area contributed by atoms with E-state index in [1.165, 1.54) is 37.7 Å². The second-order valence-corrected chi connectivity index (χ2v) is 16.9. The molecule has 2 aromatic carbocycles. The molecule has 1 saturated carbocycles. The van der Waals surface area contributed by atoms with Crippen molar-refractivity contribution in [3.05, 3.63) is 100 Å². The lowest BCUT2D eigenvalue weighted by molar-refractivity contribution is -0.136.